The van der Waals surface area contributed by atoms with Crippen LogP contribution in [0.4, 0.5) is 4.39 Å². The fourth-order valence-electron chi connectivity index (χ4n) is 3.46. The van der Waals surface area contributed by atoms with Gasteiger partial charge >= 0.3 is 5.97 Å². The zero-order valence-corrected chi connectivity index (χ0v) is 11.3. The number of allylic oxidation sites excluding steroid dienone is 2. The topological polar surface area (TPSA) is 66.4 Å². The largest absolute Gasteiger partial charge is 0.481 e. The van der Waals surface area contributed by atoms with Crippen LogP contribution >= 0.6 is 0 Å². The number of aliphatic carboxylic acids is 1. The average molecular weight is 289 g/mol. The number of carboxylic acid groups (broad SMARTS) is 1. The molecule has 0 saturated heterocycles. The van der Waals surface area contributed by atoms with Gasteiger partial charge in [0, 0.05) is 12.1 Å². The summed E-state index contributed by atoms with van der Waals surface area (Å²) in [6.07, 6.45) is 4.54. The third-order valence-electron chi connectivity index (χ3n) is 4.46. The van der Waals surface area contributed by atoms with Crippen LogP contribution in [0.5, 0.6) is 0 Å². The lowest BCUT2D eigenvalue weighted by Crippen LogP contribution is -2.40. The second-order valence-electron chi connectivity index (χ2n) is 5.65. The molecule has 1 aromatic rings. The van der Waals surface area contributed by atoms with E-state index in [9.17, 15) is 19.1 Å². The summed E-state index contributed by atoms with van der Waals surface area (Å²) in [6.45, 7) is 0.0788. The number of hydrogen-bond donors (Lipinski definition) is 2. The molecule has 1 amide bonds. The number of rotatable bonds is 4. The standard InChI is InChI=1S/C16H16FNO3/c17-12-4-2-1-3-11(12)8-18-15(19)13-9-5-6-10(7-9)14(13)16(20)21/h1-6,9-10,13-14H,7-8H2,(H,18,19)(H,20,21)/t9-,10+,13-,14+/m1/s1. The van der Waals surface area contributed by atoms with Crippen molar-refractivity contribution < 1.29 is 19.1 Å². The number of carbonyl (C=O) groups is 2. The second-order valence-corrected chi connectivity index (χ2v) is 5.65. The number of fused-ring (bicyclic) bond motifs is 2. The number of nitrogens with one attached hydrogen (secondary N) is 1. The van der Waals surface area contributed by atoms with Crippen molar-refractivity contribution in [3.8, 4) is 0 Å². The van der Waals surface area contributed by atoms with Gasteiger partial charge in [0.05, 0.1) is 11.8 Å². The molecule has 4 nitrogen and oxygen atoms in total. The van der Waals surface area contributed by atoms with Crippen molar-refractivity contribution in [2.24, 2.45) is 23.7 Å². The SMILES string of the molecule is O=C(O)[C@@H]1[C@H](C(=O)NCc2ccccc2F)[C@@H]2C=C[C@H]1C2. The highest BCUT2D eigenvalue weighted by molar-refractivity contribution is 5.86. The molecule has 0 spiro atoms. The van der Waals surface area contributed by atoms with E-state index >= 15 is 0 Å². The zero-order valence-electron chi connectivity index (χ0n) is 11.3. The monoisotopic (exact) mass is 289 g/mol. The van der Waals surface area contributed by atoms with Crippen molar-refractivity contribution in [1.29, 1.82) is 0 Å². The van der Waals surface area contributed by atoms with Gasteiger partial charge in [-0.2, -0.15) is 0 Å². The maximum Gasteiger partial charge on any atom is 0.307 e. The van der Waals surface area contributed by atoms with E-state index in [4.69, 9.17) is 0 Å². The Hall–Kier alpha value is -2.17. The molecule has 2 aliphatic rings. The first-order valence-electron chi connectivity index (χ1n) is 7.00. The van der Waals surface area contributed by atoms with E-state index in [1.54, 1.807) is 18.2 Å². The molecule has 0 radical (unpaired) electrons. The minimum atomic E-state index is -0.933. The van der Waals surface area contributed by atoms with Gasteiger partial charge in [0.2, 0.25) is 5.91 Å². The fraction of sp³-hybridized carbons (Fsp3) is 0.375. The summed E-state index contributed by atoms with van der Waals surface area (Å²) in [5.41, 5.74) is 0.399. The van der Waals surface area contributed by atoms with E-state index in [1.807, 2.05) is 12.2 Å². The molecule has 2 N–H and O–H groups in total. The number of amides is 1. The van der Waals surface area contributed by atoms with E-state index in [-0.39, 0.29) is 30.1 Å². The molecule has 0 aliphatic heterocycles. The molecule has 2 aliphatic carbocycles. The summed E-state index contributed by atoms with van der Waals surface area (Å²) in [7, 11) is 0. The number of carbonyl (C=O) groups excluding carboxylic acids is 1. The van der Waals surface area contributed by atoms with Gasteiger partial charge in [-0.1, -0.05) is 30.4 Å². The lowest BCUT2D eigenvalue weighted by Gasteiger charge is -2.23. The summed E-state index contributed by atoms with van der Waals surface area (Å²) < 4.78 is 13.5. The predicted octanol–water partition coefficient (Wildman–Crippen LogP) is 1.96. The first-order valence-corrected chi connectivity index (χ1v) is 7.00. The van der Waals surface area contributed by atoms with Gasteiger partial charge in [-0.3, -0.25) is 9.59 Å². The predicted molar refractivity (Wildman–Crippen MR) is 73.6 cm³/mol. The Morgan fingerprint density at radius 1 is 1.19 bits per heavy atom. The van der Waals surface area contributed by atoms with E-state index < -0.39 is 17.8 Å². The van der Waals surface area contributed by atoms with E-state index in [2.05, 4.69) is 5.32 Å². The van der Waals surface area contributed by atoms with Crippen molar-refractivity contribution in [2.45, 2.75) is 13.0 Å². The van der Waals surface area contributed by atoms with Crippen molar-refractivity contribution >= 4 is 11.9 Å². The van der Waals surface area contributed by atoms with Crippen LogP contribution in [0.25, 0.3) is 0 Å². The first kappa shape index (κ1) is 13.8. The normalized spacial score (nSPS) is 29.6. The third-order valence-corrected chi connectivity index (χ3v) is 4.46. The van der Waals surface area contributed by atoms with Crippen LogP contribution in [0.3, 0.4) is 0 Å². The van der Waals surface area contributed by atoms with E-state index in [0.717, 1.165) is 6.42 Å². The Bertz CT molecular complexity index is 613. The zero-order chi connectivity index (χ0) is 15.0. The maximum atomic E-state index is 13.5. The number of carboxylic acids is 1. The van der Waals surface area contributed by atoms with Crippen LogP contribution in [0.2, 0.25) is 0 Å². The summed E-state index contributed by atoms with van der Waals surface area (Å²) >= 11 is 0. The quantitative estimate of drug-likeness (QED) is 0.833. The molecule has 1 aromatic carbocycles. The van der Waals surface area contributed by atoms with Crippen molar-refractivity contribution in [3.63, 3.8) is 0 Å². The summed E-state index contributed by atoms with van der Waals surface area (Å²) in [5.74, 6) is -2.90. The van der Waals surface area contributed by atoms with Gasteiger partial charge in [-0.05, 0) is 24.3 Å². The second kappa shape index (κ2) is 5.31. The molecule has 0 heterocycles. The van der Waals surface area contributed by atoms with Gasteiger partial charge < -0.3 is 10.4 Å². The molecule has 2 bridgehead atoms. The molecule has 21 heavy (non-hydrogen) atoms. The number of benzene rings is 1. The van der Waals surface area contributed by atoms with Crippen LogP contribution in [0.1, 0.15) is 12.0 Å². The Kier molecular flexibility index (Phi) is 3.49. The van der Waals surface area contributed by atoms with E-state index in [0.29, 0.717) is 5.56 Å². The van der Waals surface area contributed by atoms with Gasteiger partial charge in [0.1, 0.15) is 5.82 Å². The minimum Gasteiger partial charge on any atom is -0.481 e. The molecular formula is C16H16FNO3. The van der Waals surface area contributed by atoms with Crippen molar-refractivity contribution in [3.05, 3.63) is 47.8 Å². The molecule has 1 fully saturated rings. The minimum absolute atomic E-state index is 0.0169. The van der Waals surface area contributed by atoms with Gasteiger partial charge in [-0.15, -0.1) is 0 Å². The summed E-state index contributed by atoms with van der Waals surface area (Å²) in [5, 5.41) is 12.0. The first-order chi connectivity index (χ1) is 10.1. The molecular weight excluding hydrogens is 273 g/mol. The Morgan fingerprint density at radius 3 is 2.52 bits per heavy atom. The lowest BCUT2D eigenvalue weighted by molar-refractivity contribution is -0.147. The third kappa shape index (κ3) is 2.44. The highest BCUT2D eigenvalue weighted by Gasteiger charge is 2.51. The molecule has 5 heteroatoms. The van der Waals surface area contributed by atoms with Crippen LogP contribution in [0, 0.1) is 29.5 Å². The van der Waals surface area contributed by atoms with Gasteiger partial charge in [0.15, 0.2) is 0 Å². The molecule has 0 unspecified atom stereocenters. The maximum absolute atomic E-state index is 13.5. The van der Waals surface area contributed by atoms with Crippen LogP contribution in [0.15, 0.2) is 36.4 Å². The summed E-state index contributed by atoms with van der Waals surface area (Å²) in [4.78, 5) is 23.7. The van der Waals surface area contributed by atoms with Crippen molar-refractivity contribution in [2.75, 3.05) is 0 Å². The molecule has 110 valence electrons. The van der Waals surface area contributed by atoms with Gasteiger partial charge in [-0.25, -0.2) is 4.39 Å². The molecule has 0 aromatic heterocycles. The van der Waals surface area contributed by atoms with E-state index in [1.165, 1.54) is 6.07 Å². The lowest BCUT2D eigenvalue weighted by atomic mass is 9.82. The molecule has 4 atom stereocenters. The van der Waals surface area contributed by atoms with Crippen molar-refractivity contribution in [1.82, 2.24) is 5.32 Å². The molecule has 3 rings (SSSR count). The Morgan fingerprint density at radius 2 is 1.86 bits per heavy atom. The smallest absolute Gasteiger partial charge is 0.307 e. The van der Waals surface area contributed by atoms with Gasteiger partial charge in [0.25, 0.3) is 0 Å². The number of hydrogen-bond acceptors (Lipinski definition) is 2. The highest BCUT2D eigenvalue weighted by Crippen LogP contribution is 2.48. The van der Waals surface area contributed by atoms with Crippen LogP contribution in [-0.2, 0) is 16.1 Å². The Balaban J connectivity index is 1.69. The highest BCUT2D eigenvalue weighted by atomic mass is 19.1. The Labute approximate surface area is 121 Å². The van der Waals surface area contributed by atoms with Crippen LogP contribution < -0.4 is 5.32 Å². The van der Waals surface area contributed by atoms with Crippen LogP contribution in [-0.4, -0.2) is 17.0 Å². The molecule has 1 saturated carbocycles. The summed E-state index contributed by atoms with van der Waals surface area (Å²) in [6, 6.07) is 6.22. The fourth-order valence-corrected chi connectivity index (χ4v) is 3.46. The number of halogens is 1. The average Bonchev–Trinajstić information content (AvgIpc) is 3.06.